The molecule has 0 aromatic heterocycles. The van der Waals surface area contributed by atoms with Crippen molar-refractivity contribution < 1.29 is 14.3 Å². The Balaban J connectivity index is 1.57. The SMILES string of the molecule is N#Cc1cc(CCC(N)=O)cc2c1N(CCCOC(=O)c1ccccc1)CC2. The van der Waals surface area contributed by atoms with E-state index in [1.165, 1.54) is 0 Å². The number of aryl methyl sites for hydroxylation is 1. The monoisotopic (exact) mass is 377 g/mol. The van der Waals surface area contributed by atoms with Gasteiger partial charge in [-0.3, -0.25) is 4.79 Å². The summed E-state index contributed by atoms with van der Waals surface area (Å²) in [4.78, 5) is 25.2. The largest absolute Gasteiger partial charge is 0.462 e. The molecule has 28 heavy (non-hydrogen) atoms. The Labute approximate surface area is 164 Å². The van der Waals surface area contributed by atoms with Crippen molar-refractivity contribution in [2.45, 2.75) is 25.7 Å². The highest BCUT2D eigenvalue weighted by Crippen LogP contribution is 2.33. The van der Waals surface area contributed by atoms with Crippen LogP contribution in [0.15, 0.2) is 42.5 Å². The van der Waals surface area contributed by atoms with Gasteiger partial charge in [-0.25, -0.2) is 4.79 Å². The number of anilines is 1. The standard InChI is InChI=1S/C22H23N3O3/c23-15-19-14-16(7-8-20(24)26)13-18-9-11-25(21(18)19)10-4-12-28-22(27)17-5-2-1-3-6-17/h1-3,5-6,13-14H,4,7-12H2,(H2,24,26). The summed E-state index contributed by atoms with van der Waals surface area (Å²) in [6.07, 6.45) is 2.37. The van der Waals surface area contributed by atoms with Crippen LogP contribution in [0.4, 0.5) is 5.69 Å². The minimum absolute atomic E-state index is 0.278. The number of carbonyl (C=O) groups excluding carboxylic acids is 2. The molecule has 0 aliphatic carbocycles. The van der Waals surface area contributed by atoms with E-state index in [4.69, 9.17) is 10.5 Å². The number of hydrogen-bond acceptors (Lipinski definition) is 5. The number of primary amides is 1. The number of rotatable bonds is 8. The van der Waals surface area contributed by atoms with E-state index in [9.17, 15) is 14.9 Å². The molecule has 0 bridgehead atoms. The normalized spacial score (nSPS) is 12.3. The molecule has 6 heteroatoms. The summed E-state index contributed by atoms with van der Waals surface area (Å²) in [7, 11) is 0. The molecule has 1 heterocycles. The lowest BCUT2D eigenvalue weighted by atomic mass is 10.00. The molecule has 1 aliphatic heterocycles. The third-order valence-electron chi connectivity index (χ3n) is 4.81. The van der Waals surface area contributed by atoms with Crippen LogP contribution in [-0.4, -0.2) is 31.6 Å². The summed E-state index contributed by atoms with van der Waals surface area (Å²) in [6.45, 7) is 1.87. The lowest BCUT2D eigenvalue weighted by molar-refractivity contribution is -0.117. The maximum absolute atomic E-state index is 12.0. The summed E-state index contributed by atoms with van der Waals surface area (Å²) in [6, 6.07) is 15.1. The van der Waals surface area contributed by atoms with E-state index in [2.05, 4.69) is 17.0 Å². The molecule has 6 nitrogen and oxygen atoms in total. The summed E-state index contributed by atoms with van der Waals surface area (Å²) >= 11 is 0. The molecule has 0 spiro atoms. The topological polar surface area (TPSA) is 96.4 Å². The number of nitrogens with zero attached hydrogens (tertiary/aromatic N) is 2. The third kappa shape index (κ3) is 4.68. The molecule has 2 aromatic carbocycles. The molecule has 2 N–H and O–H groups in total. The highest BCUT2D eigenvalue weighted by Gasteiger charge is 2.23. The van der Waals surface area contributed by atoms with Gasteiger partial charge in [0.1, 0.15) is 6.07 Å². The van der Waals surface area contributed by atoms with E-state index in [0.29, 0.717) is 37.1 Å². The molecule has 0 atom stereocenters. The molecule has 0 fully saturated rings. The third-order valence-corrected chi connectivity index (χ3v) is 4.81. The molecule has 0 saturated heterocycles. The number of ether oxygens (including phenoxy) is 1. The van der Waals surface area contributed by atoms with Crippen molar-refractivity contribution in [2.75, 3.05) is 24.6 Å². The fraction of sp³-hybridized carbons (Fsp3) is 0.318. The fourth-order valence-electron chi connectivity index (χ4n) is 3.49. The van der Waals surface area contributed by atoms with Crippen LogP contribution in [0.5, 0.6) is 0 Å². The Kier molecular flexibility index (Phi) is 6.28. The Morgan fingerprint density at radius 1 is 1.21 bits per heavy atom. The van der Waals surface area contributed by atoms with E-state index in [0.717, 1.165) is 29.8 Å². The van der Waals surface area contributed by atoms with Gasteiger partial charge in [0, 0.05) is 19.5 Å². The Hall–Kier alpha value is -3.33. The van der Waals surface area contributed by atoms with Gasteiger partial charge in [0.25, 0.3) is 0 Å². The summed E-state index contributed by atoms with van der Waals surface area (Å²) in [5, 5.41) is 9.55. The second-order valence-corrected chi connectivity index (χ2v) is 6.82. The number of nitriles is 1. The van der Waals surface area contributed by atoms with Crippen molar-refractivity contribution in [3.05, 3.63) is 64.7 Å². The minimum Gasteiger partial charge on any atom is -0.462 e. The van der Waals surface area contributed by atoms with Gasteiger partial charge >= 0.3 is 5.97 Å². The van der Waals surface area contributed by atoms with Gasteiger partial charge in [-0.15, -0.1) is 0 Å². The van der Waals surface area contributed by atoms with E-state index >= 15 is 0 Å². The number of benzene rings is 2. The van der Waals surface area contributed by atoms with E-state index in [-0.39, 0.29) is 18.3 Å². The van der Waals surface area contributed by atoms with Crippen LogP contribution in [-0.2, 0) is 22.4 Å². The number of fused-ring (bicyclic) bond motifs is 1. The predicted molar refractivity (Wildman–Crippen MR) is 106 cm³/mol. The summed E-state index contributed by atoms with van der Waals surface area (Å²) in [5.74, 6) is -0.662. The molecule has 2 aromatic rings. The number of esters is 1. The van der Waals surface area contributed by atoms with Crippen LogP contribution >= 0.6 is 0 Å². The smallest absolute Gasteiger partial charge is 0.338 e. The molecule has 0 unspecified atom stereocenters. The highest BCUT2D eigenvalue weighted by molar-refractivity contribution is 5.89. The zero-order valence-electron chi connectivity index (χ0n) is 15.7. The van der Waals surface area contributed by atoms with Gasteiger partial charge in [0.05, 0.1) is 23.4 Å². The van der Waals surface area contributed by atoms with Gasteiger partial charge in [0.2, 0.25) is 5.91 Å². The first-order valence-electron chi connectivity index (χ1n) is 9.40. The molecule has 1 aliphatic rings. The van der Waals surface area contributed by atoms with Crippen LogP contribution in [0.3, 0.4) is 0 Å². The van der Waals surface area contributed by atoms with Gasteiger partial charge in [-0.05, 0) is 48.6 Å². The van der Waals surface area contributed by atoms with E-state index in [1.54, 1.807) is 24.3 Å². The van der Waals surface area contributed by atoms with Crippen molar-refractivity contribution in [2.24, 2.45) is 5.73 Å². The number of nitrogens with two attached hydrogens (primary N) is 1. The molecule has 3 rings (SSSR count). The van der Waals surface area contributed by atoms with Crippen molar-refractivity contribution in [3.63, 3.8) is 0 Å². The Bertz CT molecular complexity index is 903. The molecule has 1 amide bonds. The molecule has 144 valence electrons. The number of hydrogen-bond donors (Lipinski definition) is 1. The van der Waals surface area contributed by atoms with Gasteiger partial charge < -0.3 is 15.4 Å². The molecule has 0 saturated carbocycles. The Morgan fingerprint density at radius 2 is 2.00 bits per heavy atom. The zero-order chi connectivity index (χ0) is 19.9. The van der Waals surface area contributed by atoms with Crippen LogP contribution in [0, 0.1) is 11.3 Å². The molecular weight excluding hydrogens is 354 g/mol. The highest BCUT2D eigenvalue weighted by atomic mass is 16.5. The van der Waals surface area contributed by atoms with Crippen LogP contribution in [0.1, 0.15) is 39.9 Å². The maximum Gasteiger partial charge on any atom is 0.338 e. The predicted octanol–water partition coefficient (Wildman–Crippen LogP) is 2.59. The Morgan fingerprint density at radius 3 is 2.71 bits per heavy atom. The number of amides is 1. The lowest BCUT2D eigenvalue weighted by Gasteiger charge is -2.20. The van der Waals surface area contributed by atoms with Crippen molar-refractivity contribution in [1.29, 1.82) is 5.26 Å². The first-order chi connectivity index (χ1) is 13.6. The van der Waals surface area contributed by atoms with E-state index < -0.39 is 0 Å². The second kappa shape index (κ2) is 9.05. The second-order valence-electron chi connectivity index (χ2n) is 6.82. The maximum atomic E-state index is 12.0. The van der Waals surface area contributed by atoms with Crippen molar-refractivity contribution in [3.8, 4) is 6.07 Å². The van der Waals surface area contributed by atoms with Gasteiger partial charge in [-0.1, -0.05) is 24.3 Å². The molecular formula is C22H23N3O3. The van der Waals surface area contributed by atoms with Crippen LogP contribution in [0.25, 0.3) is 0 Å². The average molecular weight is 377 g/mol. The van der Waals surface area contributed by atoms with Gasteiger partial charge in [-0.2, -0.15) is 5.26 Å². The number of carbonyl (C=O) groups is 2. The quantitative estimate of drug-likeness (QED) is 0.563. The van der Waals surface area contributed by atoms with Crippen LogP contribution in [0.2, 0.25) is 0 Å². The molecule has 0 radical (unpaired) electrons. The summed E-state index contributed by atoms with van der Waals surface area (Å²) in [5.41, 5.74) is 9.44. The minimum atomic E-state index is -0.342. The van der Waals surface area contributed by atoms with E-state index in [1.807, 2.05) is 12.1 Å². The lowest BCUT2D eigenvalue weighted by Crippen LogP contribution is -2.24. The van der Waals surface area contributed by atoms with Crippen molar-refractivity contribution in [1.82, 2.24) is 0 Å². The van der Waals surface area contributed by atoms with Gasteiger partial charge in [0.15, 0.2) is 0 Å². The zero-order valence-corrected chi connectivity index (χ0v) is 15.7. The van der Waals surface area contributed by atoms with Crippen molar-refractivity contribution >= 4 is 17.6 Å². The fourth-order valence-corrected chi connectivity index (χ4v) is 3.49. The van der Waals surface area contributed by atoms with Crippen LogP contribution < -0.4 is 10.6 Å². The average Bonchev–Trinajstić information content (AvgIpc) is 3.12. The first kappa shape index (κ1) is 19.4. The summed E-state index contributed by atoms with van der Waals surface area (Å²) < 4.78 is 5.33. The first-order valence-corrected chi connectivity index (χ1v) is 9.40.